The molecular formula is C14H7F6. The fraction of sp³-hybridized carbons (Fsp3) is 0.143. The first-order valence-corrected chi connectivity index (χ1v) is 5.44. The number of benzene rings is 2. The molecular weight excluding hydrogens is 282 g/mol. The molecule has 6 heteroatoms. The van der Waals surface area contributed by atoms with Crippen molar-refractivity contribution < 1.29 is 26.3 Å². The van der Waals surface area contributed by atoms with E-state index >= 15 is 0 Å². The summed E-state index contributed by atoms with van der Waals surface area (Å²) < 4.78 is 76.1. The molecule has 0 aliphatic carbocycles. The second kappa shape index (κ2) is 4.85. The van der Waals surface area contributed by atoms with Crippen molar-refractivity contribution >= 4 is 0 Å². The van der Waals surface area contributed by atoms with Gasteiger partial charge >= 0.3 is 12.4 Å². The summed E-state index contributed by atoms with van der Waals surface area (Å²) in [6.07, 6.45) is -9.67. The SMILES string of the molecule is FC(F)(F)c1cc(-c2cc[c]cc2)cc(C(F)(F)F)c1. The van der Waals surface area contributed by atoms with E-state index in [1.165, 1.54) is 24.3 Å². The Labute approximate surface area is 110 Å². The molecule has 0 saturated carbocycles. The van der Waals surface area contributed by atoms with Gasteiger partial charge in [-0.05, 0) is 35.4 Å². The maximum atomic E-state index is 12.7. The number of rotatable bonds is 1. The summed E-state index contributed by atoms with van der Waals surface area (Å²) in [6.45, 7) is 0. The van der Waals surface area contributed by atoms with Gasteiger partial charge in [0.1, 0.15) is 0 Å². The van der Waals surface area contributed by atoms with E-state index in [-0.39, 0.29) is 17.2 Å². The molecule has 0 aliphatic rings. The van der Waals surface area contributed by atoms with Crippen molar-refractivity contribution in [1.29, 1.82) is 0 Å². The fourth-order valence-electron chi connectivity index (χ4n) is 1.70. The molecule has 0 heterocycles. The number of hydrogen-bond donors (Lipinski definition) is 0. The number of hydrogen-bond acceptors (Lipinski definition) is 0. The van der Waals surface area contributed by atoms with E-state index in [2.05, 4.69) is 6.07 Å². The number of halogens is 6. The van der Waals surface area contributed by atoms with Crippen LogP contribution in [0.4, 0.5) is 26.3 Å². The molecule has 0 fully saturated rings. The van der Waals surface area contributed by atoms with E-state index in [1.807, 2.05) is 0 Å². The van der Waals surface area contributed by atoms with Crippen LogP contribution >= 0.6 is 0 Å². The summed E-state index contributed by atoms with van der Waals surface area (Å²) in [7, 11) is 0. The molecule has 2 rings (SSSR count). The van der Waals surface area contributed by atoms with E-state index in [0.717, 1.165) is 0 Å². The van der Waals surface area contributed by atoms with E-state index < -0.39 is 23.5 Å². The quantitative estimate of drug-likeness (QED) is 0.634. The highest BCUT2D eigenvalue weighted by atomic mass is 19.4. The van der Waals surface area contributed by atoms with Crippen LogP contribution in [0.3, 0.4) is 0 Å². The molecule has 0 atom stereocenters. The molecule has 0 aromatic heterocycles. The van der Waals surface area contributed by atoms with Crippen LogP contribution in [0, 0.1) is 6.07 Å². The molecule has 0 amide bonds. The third-order valence-corrected chi connectivity index (χ3v) is 2.64. The van der Waals surface area contributed by atoms with Crippen molar-refractivity contribution in [2.45, 2.75) is 12.4 Å². The Bertz CT molecular complexity index is 563. The van der Waals surface area contributed by atoms with E-state index in [9.17, 15) is 26.3 Å². The van der Waals surface area contributed by atoms with Gasteiger partial charge in [0.15, 0.2) is 0 Å². The summed E-state index contributed by atoms with van der Waals surface area (Å²) in [6, 6.07) is 9.79. The van der Waals surface area contributed by atoms with Gasteiger partial charge in [0.05, 0.1) is 11.1 Å². The highest BCUT2D eigenvalue weighted by Gasteiger charge is 2.36. The summed E-state index contributed by atoms with van der Waals surface area (Å²) in [5.41, 5.74) is -2.52. The van der Waals surface area contributed by atoms with E-state index in [4.69, 9.17) is 0 Å². The van der Waals surface area contributed by atoms with Gasteiger partial charge in [-0.1, -0.05) is 24.3 Å². The minimum atomic E-state index is -4.84. The van der Waals surface area contributed by atoms with Crippen LogP contribution < -0.4 is 0 Å². The molecule has 20 heavy (non-hydrogen) atoms. The van der Waals surface area contributed by atoms with Gasteiger partial charge in [-0.25, -0.2) is 0 Å². The maximum Gasteiger partial charge on any atom is 0.416 e. The molecule has 105 valence electrons. The zero-order valence-corrected chi connectivity index (χ0v) is 9.81. The minimum Gasteiger partial charge on any atom is -0.166 e. The lowest BCUT2D eigenvalue weighted by Crippen LogP contribution is -2.11. The lowest BCUT2D eigenvalue weighted by Gasteiger charge is -2.14. The predicted molar refractivity (Wildman–Crippen MR) is 60.7 cm³/mol. The lowest BCUT2D eigenvalue weighted by molar-refractivity contribution is -0.143. The molecule has 0 N–H and O–H groups in total. The van der Waals surface area contributed by atoms with Crippen LogP contribution in [0.25, 0.3) is 11.1 Å². The van der Waals surface area contributed by atoms with Crippen LogP contribution in [-0.2, 0) is 12.4 Å². The molecule has 0 bridgehead atoms. The second-order valence-electron chi connectivity index (χ2n) is 4.08. The highest BCUT2D eigenvalue weighted by molar-refractivity contribution is 5.65. The van der Waals surface area contributed by atoms with Crippen LogP contribution in [0.1, 0.15) is 11.1 Å². The summed E-state index contributed by atoms with van der Waals surface area (Å²) in [4.78, 5) is 0. The van der Waals surface area contributed by atoms with Crippen molar-refractivity contribution in [3.05, 3.63) is 59.7 Å². The van der Waals surface area contributed by atoms with Gasteiger partial charge < -0.3 is 0 Å². The van der Waals surface area contributed by atoms with Gasteiger partial charge in [-0.3, -0.25) is 0 Å². The first kappa shape index (κ1) is 14.4. The Morgan fingerprint density at radius 3 is 1.50 bits per heavy atom. The van der Waals surface area contributed by atoms with Gasteiger partial charge in [-0.2, -0.15) is 26.3 Å². The maximum absolute atomic E-state index is 12.7. The summed E-state index contributed by atoms with van der Waals surface area (Å²) >= 11 is 0. The van der Waals surface area contributed by atoms with Gasteiger partial charge in [0.2, 0.25) is 0 Å². The molecule has 0 nitrogen and oxygen atoms in total. The molecule has 0 spiro atoms. The normalized spacial score (nSPS) is 12.5. The Morgan fingerprint density at radius 1 is 0.650 bits per heavy atom. The molecule has 0 saturated heterocycles. The van der Waals surface area contributed by atoms with Crippen LogP contribution in [0.15, 0.2) is 42.5 Å². The second-order valence-corrected chi connectivity index (χ2v) is 4.08. The summed E-state index contributed by atoms with van der Waals surface area (Å²) in [5.74, 6) is 0. The van der Waals surface area contributed by atoms with Gasteiger partial charge in [0, 0.05) is 0 Å². The smallest absolute Gasteiger partial charge is 0.166 e. The van der Waals surface area contributed by atoms with Gasteiger partial charge in [0.25, 0.3) is 0 Å². The lowest BCUT2D eigenvalue weighted by atomic mass is 9.99. The van der Waals surface area contributed by atoms with Crippen molar-refractivity contribution in [1.82, 2.24) is 0 Å². The number of alkyl halides is 6. The average molecular weight is 289 g/mol. The Kier molecular flexibility index (Phi) is 3.50. The molecule has 2 aromatic rings. The Balaban J connectivity index is 2.64. The van der Waals surface area contributed by atoms with E-state index in [1.54, 1.807) is 0 Å². The minimum absolute atomic E-state index is 0.110. The molecule has 2 aromatic carbocycles. The summed E-state index contributed by atoms with van der Waals surface area (Å²) in [5, 5.41) is 0. The van der Waals surface area contributed by atoms with E-state index in [0.29, 0.717) is 12.1 Å². The predicted octanol–water partition coefficient (Wildman–Crippen LogP) is 5.19. The molecule has 1 radical (unpaired) electrons. The van der Waals surface area contributed by atoms with Gasteiger partial charge in [-0.15, -0.1) is 0 Å². The standard InChI is InChI=1S/C14H7F6/c15-13(16,17)11-6-10(9-4-2-1-3-5-9)7-12(8-11)14(18,19)20/h2-8H. The fourth-order valence-corrected chi connectivity index (χ4v) is 1.70. The van der Waals surface area contributed by atoms with Crippen molar-refractivity contribution in [3.63, 3.8) is 0 Å². The van der Waals surface area contributed by atoms with Crippen molar-refractivity contribution in [2.75, 3.05) is 0 Å². The van der Waals surface area contributed by atoms with Crippen LogP contribution in [0.2, 0.25) is 0 Å². The first-order chi connectivity index (χ1) is 9.18. The molecule has 0 unspecified atom stereocenters. The van der Waals surface area contributed by atoms with Crippen molar-refractivity contribution in [2.24, 2.45) is 0 Å². The first-order valence-electron chi connectivity index (χ1n) is 5.44. The van der Waals surface area contributed by atoms with Crippen LogP contribution in [-0.4, -0.2) is 0 Å². The monoisotopic (exact) mass is 289 g/mol. The third-order valence-electron chi connectivity index (χ3n) is 2.64. The average Bonchev–Trinajstić information content (AvgIpc) is 2.37. The third kappa shape index (κ3) is 3.12. The largest absolute Gasteiger partial charge is 0.416 e. The van der Waals surface area contributed by atoms with Crippen LogP contribution in [0.5, 0.6) is 0 Å². The highest BCUT2D eigenvalue weighted by Crippen LogP contribution is 2.38. The molecule has 0 aliphatic heterocycles. The zero-order valence-electron chi connectivity index (χ0n) is 9.81. The Morgan fingerprint density at radius 2 is 1.10 bits per heavy atom. The van der Waals surface area contributed by atoms with Crippen molar-refractivity contribution in [3.8, 4) is 11.1 Å². The zero-order chi connectivity index (χ0) is 15.0. The topological polar surface area (TPSA) is 0 Å². The Hall–Kier alpha value is -1.98.